The minimum atomic E-state index is -3.66. The second-order valence-electron chi connectivity index (χ2n) is 6.42. The Bertz CT molecular complexity index is 872. The Balaban J connectivity index is 1.88. The van der Waals surface area contributed by atoms with Crippen molar-refractivity contribution in [3.05, 3.63) is 53.4 Å². The van der Waals surface area contributed by atoms with Gasteiger partial charge in [0.1, 0.15) is 11.6 Å². The first-order valence-corrected chi connectivity index (χ1v) is 9.93. The molecule has 0 aliphatic carbocycles. The van der Waals surface area contributed by atoms with E-state index in [2.05, 4.69) is 9.97 Å². The van der Waals surface area contributed by atoms with E-state index in [1.54, 1.807) is 13.3 Å². The van der Waals surface area contributed by atoms with E-state index in [4.69, 9.17) is 4.74 Å². The predicted octanol–water partition coefficient (Wildman–Crippen LogP) is 2.64. The lowest BCUT2D eigenvalue weighted by atomic mass is 9.93. The van der Waals surface area contributed by atoms with Gasteiger partial charge in [-0.25, -0.2) is 22.8 Å². The van der Waals surface area contributed by atoms with Gasteiger partial charge in [0.15, 0.2) is 0 Å². The molecule has 3 rings (SSSR count). The van der Waals surface area contributed by atoms with Crippen LogP contribution in [0.2, 0.25) is 0 Å². The Hall–Kier alpha value is -1.90. The zero-order valence-corrected chi connectivity index (χ0v) is 15.7. The van der Waals surface area contributed by atoms with Crippen LogP contribution < -0.4 is 0 Å². The molecule has 1 aliphatic rings. The molecule has 0 radical (unpaired) electrons. The number of rotatable bonds is 5. The van der Waals surface area contributed by atoms with Crippen LogP contribution in [-0.4, -0.2) is 42.9 Å². The quantitative estimate of drug-likeness (QED) is 0.799. The predicted molar refractivity (Wildman–Crippen MR) is 94.6 cm³/mol. The minimum Gasteiger partial charge on any atom is -0.380 e. The van der Waals surface area contributed by atoms with Crippen LogP contribution in [0.15, 0.2) is 35.4 Å². The lowest BCUT2D eigenvalue weighted by Crippen LogP contribution is -2.39. The van der Waals surface area contributed by atoms with Crippen molar-refractivity contribution in [2.45, 2.75) is 37.2 Å². The van der Waals surface area contributed by atoms with E-state index in [0.717, 1.165) is 24.1 Å². The Morgan fingerprint density at radius 3 is 2.73 bits per heavy atom. The maximum Gasteiger partial charge on any atom is 0.243 e. The van der Waals surface area contributed by atoms with Crippen LogP contribution in [0.4, 0.5) is 4.39 Å². The zero-order chi connectivity index (χ0) is 18.7. The largest absolute Gasteiger partial charge is 0.380 e. The molecule has 26 heavy (non-hydrogen) atoms. The minimum absolute atomic E-state index is 0.0224. The van der Waals surface area contributed by atoms with Crippen molar-refractivity contribution in [3.63, 3.8) is 0 Å². The molecule has 0 saturated carbocycles. The molecule has 1 unspecified atom stereocenters. The number of methoxy groups -OCH3 is 1. The first-order chi connectivity index (χ1) is 12.4. The summed E-state index contributed by atoms with van der Waals surface area (Å²) in [7, 11) is -2.06. The van der Waals surface area contributed by atoms with E-state index in [1.807, 2.05) is 6.92 Å². The van der Waals surface area contributed by atoms with Crippen LogP contribution in [0.5, 0.6) is 0 Å². The maximum absolute atomic E-state index is 13.1. The highest BCUT2D eigenvalue weighted by Gasteiger charge is 2.32. The van der Waals surface area contributed by atoms with Crippen molar-refractivity contribution < 1.29 is 17.5 Å². The third-order valence-electron chi connectivity index (χ3n) is 4.54. The van der Waals surface area contributed by atoms with E-state index in [1.165, 1.54) is 28.6 Å². The van der Waals surface area contributed by atoms with Crippen molar-refractivity contribution in [1.82, 2.24) is 14.3 Å². The highest BCUT2D eigenvalue weighted by atomic mass is 32.2. The highest BCUT2D eigenvalue weighted by Crippen LogP contribution is 2.31. The summed E-state index contributed by atoms with van der Waals surface area (Å²) in [5.74, 6) is 0.172. The van der Waals surface area contributed by atoms with Crippen molar-refractivity contribution in [2.24, 2.45) is 0 Å². The summed E-state index contributed by atoms with van der Waals surface area (Å²) in [5.41, 5.74) is 1.72. The molecule has 140 valence electrons. The molecule has 2 aromatic rings. The van der Waals surface area contributed by atoms with Gasteiger partial charge in [-0.1, -0.05) is 0 Å². The highest BCUT2D eigenvalue weighted by molar-refractivity contribution is 7.89. The number of aromatic nitrogens is 2. The molecule has 0 bridgehead atoms. The van der Waals surface area contributed by atoms with Gasteiger partial charge in [0.05, 0.1) is 17.2 Å². The fraction of sp³-hybridized carbons (Fsp3) is 0.444. The molecule has 8 heteroatoms. The monoisotopic (exact) mass is 379 g/mol. The molecule has 6 nitrogen and oxygen atoms in total. The normalized spacial score (nSPS) is 18.8. The molecule has 0 amide bonds. The maximum atomic E-state index is 13.1. The van der Waals surface area contributed by atoms with Gasteiger partial charge in [-0.05, 0) is 44.0 Å². The molecule has 2 heterocycles. The Labute approximate surface area is 153 Å². The van der Waals surface area contributed by atoms with Crippen LogP contribution in [0, 0.1) is 12.7 Å². The summed E-state index contributed by atoms with van der Waals surface area (Å²) in [4.78, 5) is 8.88. The summed E-state index contributed by atoms with van der Waals surface area (Å²) in [6.45, 7) is 2.99. The molecular formula is C18H22FN3O3S. The molecular weight excluding hydrogens is 357 g/mol. The average Bonchev–Trinajstić information content (AvgIpc) is 2.64. The van der Waals surface area contributed by atoms with Crippen molar-refractivity contribution in [2.75, 3.05) is 20.2 Å². The summed E-state index contributed by atoms with van der Waals surface area (Å²) in [6.07, 6.45) is 3.33. The molecule has 1 fully saturated rings. The van der Waals surface area contributed by atoms with Crippen molar-refractivity contribution in [3.8, 4) is 0 Å². The number of piperidine rings is 1. The third kappa shape index (κ3) is 3.92. The molecule has 1 aromatic carbocycles. The van der Waals surface area contributed by atoms with Gasteiger partial charge < -0.3 is 4.74 Å². The van der Waals surface area contributed by atoms with Crippen LogP contribution in [0.3, 0.4) is 0 Å². The van der Waals surface area contributed by atoms with Gasteiger partial charge in [-0.2, -0.15) is 4.31 Å². The van der Waals surface area contributed by atoms with E-state index < -0.39 is 15.8 Å². The molecule has 1 aromatic heterocycles. The summed E-state index contributed by atoms with van der Waals surface area (Å²) >= 11 is 0. The van der Waals surface area contributed by atoms with Crippen molar-refractivity contribution in [1.29, 1.82) is 0 Å². The number of hydrogen-bond donors (Lipinski definition) is 0. The SMILES string of the molecule is COCc1cnc(C)nc1C1CCCN(S(=O)(=O)c2ccc(F)cc2)C1. The first-order valence-electron chi connectivity index (χ1n) is 8.49. The van der Waals surface area contributed by atoms with E-state index >= 15 is 0 Å². The van der Waals surface area contributed by atoms with Gasteiger partial charge in [0, 0.05) is 37.9 Å². The third-order valence-corrected chi connectivity index (χ3v) is 6.42. The Kier molecular flexibility index (Phi) is 5.64. The van der Waals surface area contributed by atoms with E-state index in [-0.39, 0.29) is 10.8 Å². The van der Waals surface area contributed by atoms with Crippen molar-refractivity contribution >= 4 is 10.0 Å². The molecule has 1 atom stereocenters. The number of benzene rings is 1. The average molecular weight is 379 g/mol. The standard InChI is InChI=1S/C18H22FN3O3S/c1-13-20-10-15(12-25-2)18(21-13)14-4-3-9-22(11-14)26(23,24)17-7-5-16(19)6-8-17/h5-8,10,14H,3-4,9,11-12H2,1-2H3. The molecule has 0 N–H and O–H groups in total. The number of hydrogen-bond acceptors (Lipinski definition) is 5. The van der Waals surface area contributed by atoms with Gasteiger partial charge in [-0.15, -0.1) is 0 Å². The number of ether oxygens (including phenoxy) is 1. The number of sulfonamides is 1. The topological polar surface area (TPSA) is 72.4 Å². The van der Waals surface area contributed by atoms with E-state index in [9.17, 15) is 12.8 Å². The molecule has 1 saturated heterocycles. The van der Waals surface area contributed by atoms with Gasteiger partial charge in [0.25, 0.3) is 0 Å². The van der Waals surface area contributed by atoms with Gasteiger partial charge >= 0.3 is 0 Å². The fourth-order valence-electron chi connectivity index (χ4n) is 3.27. The summed E-state index contributed by atoms with van der Waals surface area (Å²) in [5, 5.41) is 0. The smallest absolute Gasteiger partial charge is 0.243 e. The van der Waals surface area contributed by atoms with Crippen LogP contribution in [0.25, 0.3) is 0 Å². The fourth-order valence-corrected chi connectivity index (χ4v) is 4.80. The van der Waals surface area contributed by atoms with Gasteiger partial charge in [-0.3, -0.25) is 0 Å². The Morgan fingerprint density at radius 1 is 1.31 bits per heavy atom. The van der Waals surface area contributed by atoms with Crippen LogP contribution >= 0.6 is 0 Å². The second kappa shape index (κ2) is 7.77. The van der Waals surface area contributed by atoms with Crippen LogP contribution in [0.1, 0.15) is 35.8 Å². The number of aryl methyl sites for hydroxylation is 1. The first kappa shape index (κ1) is 18.9. The zero-order valence-electron chi connectivity index (χ0n) is 14.9. The second-order valence-corrected chi connectivity index (χ2v) is 8.35. The van der Waals surface area contributed by atoms with Gasteiger partial charge in [0.2, 0.25) is 10.0 Å². The number of nitrogens with zero attached hydrogens (tertiary/aromatic N) is 3. The van der Waals surface area contributed by atoms with Crippen LogP contribution in [-0.2, 0) is 21.4 Å². The lowest BCUT2D eigenvalue weighted by Gasteiger charge is -2.32. The summed E-state index contributed by atoms with van der Waals surface area (Å²) in [6, 6.07) is 4.94. The lowest BCUT2D eigenvalue weighted by molar-refractivity contribution is 0.182. The summed E-state index contributed by atoms with van der Waals surface area (Å²) < 4.78 is 45.6. The molecule has 1 aliphatic heterocycles. The number of halogens is 1. The Morgan fingerprint density at radius 2 is 2.04 bits per heavy atom. The molecule has 0 spiro atoms. The van der Waals surface area contributed by atoms with E-state index in [0.29, 0.717) is 25.5 Å².